The third-order valence-electron chi connectivity index (χ3n) is 6.18. The lowest BCUT2D eigenvalue weighted by Gasteiger charge is -2.32. The predicted molar refractivity (Wildman–Crippen MR) is 96.2 cm³/mol. The summed E-state index contributed by atoms with van der Waals surface area (Å²) in [5, 5.41) is 9.12. The third kappa shape index (κ3) is 2.80. The highest BCUT2D eigenvalue weighted by atomic mass is 16.6. The number of para-hydroxylation sites is 2. The summed E-state index contributed by atoms with van der Waals surface area (Å²) < 4.78 is 12.0. The highest BCUT2D eigenvalue weighted by Gasteiger charge is 2.59. The molecule has 2 aliphatic heterocycles. The molecule has 5 heteroatoms. The van der Waals surface area contributed by atoms with Crippen molar-refractivity contribution in [2.75, 3.05) is 26.2 Å². The van der Waals surface area contributed by atoms with Gasteiger partial charge in [-0.2, -0.15) is 0 Å². The molecule has 1 saturated carbocycles. The van der Waals surface area contributed by atoms with Crippen molar-refractivity contribution in [3.63, 3.8) is 0 Å². The van der Waals surface area contributed by atoms with Crippen LogP contribution in [0.4, 0.5) is 0 Å². The van der Waals surface area contributed by atoms with Crippen LogP contribution in [0.2, 0.25) is 0 Å². The fourth-order valence-corrected chi connectivity index (χ4v) is 4.69. The number of carbonyl (C=O) groups is 1. The second-order valence-electron chi connectivity index (χ2n) is 7.84. The summed E-state index contributed by atoms with van der Waals surface area (Å²) in [4.78, 5) is 13.5. The van der Waals surface area contributed by atoms with Gasteiger partial charge in [-0.05, 0) is 36.0 Å². The van der Waals surface area contributed by atoms with E-state index >= 15 is 0 Å². The summed E-state index contributed by atoms with van der Waals surface area (Å²) in [7, 11) is 0. The van der Waals surface area contributed by atoms with Crippen molar-refractivity contribution in [2.24, 2.45) is 23.7 Å². The lowest BCUT2D eigenvalue weighted by molar-refractivity contribution is -0.139. The van der Waals surface area contributed by atoms with E-state index in [9.17, 15) is 4.79 Å². The quantitative estimate of drug-likeness (QED) is 0.902. The van der Waals surface area contributed by atoms with Gasteiger partial charge in [0.05, 0.1) is 5.92 Å². The molecule has 4 aliphatic rings. The summed E-state index contributed by atoms with van der Waals surface area (Å²) in [5.41, 5.74) is 1.33. The zero-order valence-electron chi connectivity index (χ0n) is 14.6. The van der Waals surface area contributed by atoms with E-state index < -0.39 is 5.97 Å². The normalized spacial score (nSPS) is 34.9. The maximum absolute atomic E-state index is 11.1. The number of benzene rings is 1. The molecule has 2 heterocycles. The van der Waals surface area contributed by atoms with Crippen LogP contribution in [0.5, 0.6) is 11.5 Å². The number of hydrogen-bond acceptors (Lipinski definition) is 4. The lowest BCUT2D eigenvalue weighted by Crippen LogP contribution is -2.36. The van der Waals surface area contributed by atoms with Crippen LogP contribution in [0, 0.1) is 23.7 Å². The SMILES string of the molecule is O=C(O)C1C2CN(CC3=CCC([C@H]4COc5ccccc5O4)C=C3)C[C@H]21. The number of carboxylic acid groups (broad SMARTS) is 1. The highest BCUT2D eigenvalue weighted by molar-refractivity contribution is 5.74. The molecule has 3 unspecified atom stereocenters. The molecular weight excluding hydrogens is 330 g/mol. The highest BCUT2D eigenvalue weighted by Crippen LogP contribution is 2.51. The zero-order valence-corrected chi connectivity index (χ0v) is 14.6. The van der Waals surface area contributed by atoms with Crippen molar-refractivity contribution < 1.29 is 19.4 Å². The standard InChI is InChI=1S/C21H23NO4/c23-21(24)20-15-10-22(11-16(15)20)9-13-5-7-14(8-6-13)19-12-25-17-3-1-2-4-18(17)26-19/h1-7,14-16,19-20H,8-12H2,(H,23,24)/t14?,15-,16?,19-,20?/m1/s1. The average molecular weight is 353 g/mol. The molecular formula is C21H23NO4. The van der Waals surface area contributed by atoms with Gasteiger partial charge in [0.1, 0.15) is 12.7 Å². The van der Waals surface area contributed by atoms with Crippen LogP contribution in [0.1, 0.15) is 6.42 Å². The zero-order chi connectivity index (χ0) is 17.7. The molecule has 1 N–H and O–H groups in total. The van der Waals surface area contributed by atoms with Crippen molar-refractivity contribution >= 4 is 5.97 Å². The van der Waals surface area contributed by atoms with E-state index in [1.165, 1.54) is 5.57 Å². The van der Waals surface area contributed by atoms with Crippen LogP contribution in [0.25, 0.3) is 0 Å². The van der Waals surface area contributed by atoms with E-state index in [4.69, 9.17) is 14.6 Å². The molecule has 136 valence electrons. The fraction of sp³-hybridized carbons (Fsp3) is 0.476. The Morgan fingerprint density at radius 2 is 1.96 bits per heavy atom. The van der Waals surface area contributed by atoms with Crippen LogP contribution in [0.3, 0.4) is 0 Å². The number of aliphatic carboxylic acids is 1. The van der Waals surface area contributed by atoms with Crippen molar-refractivity contribution in [1.82, 2.24) is 4.90 Å². The van der Waals surface area contributed by atoms with Gasteiger partial charge >= 0.3 is 5.97 Å². The number of ether oxygens (including phenoxy) is 2. The molecule has 1 aromatic rings. The van der Waals surface area contributed by atoms with Crippen molar-refractivity contribution in [3.05, 3.63) is 48.1 Å². The van der Waals surface area contributed by atoms with Crippen molar-refractivity contribution in [2.45, 2.75) is 12.5 Å². The fourth-order valence-electron chi connectivity index (χ4n) is 4.69. The summed E-state index contributed by atoms with van der Waals surface area (Å²) in [5.74, 6) is 2.04. The van der Waals surface area contributed by atoms with Gasteiger partial charge in [0.2, 0.25) is 0 Å². The third-order valence-corrected chi connectivity index (χ3v) is 6.18. The molecule has 0 spiro atoms. The Hall–Kier alpha value is -2.27. The smallest absolute Gasteiger partial charge is 0.307 e. The van der Waals surface area contributed by atoms with Gasteiger partial charge in [-0.15, -0.1) is 0 Å². The summed E-state index contributed by atoms with van der Waals surface area (Å²) in [6.07, 6.45) is 7.76. The molecule has 2 fully saturated rings. The first-order valence-electron chi connectivity index (χ1n) is 9.40. The minimum Gasteiger partial charge on any atom is -0.486 e. The Morgan fingerprint density at radius 3 is 2.65 bits per heavy atom. The number of carboxylic acids is 1. The molecule has 0 radical (unpaired) electrons. The number of nitrogens with zero attached hydrogens (tertiary/aromatic N) is 1. The van der Waals surface area contributed by atoms with E-state index in [2.05, 4.69) is 23.1 Å². The van der Waals surface area contributed by atoms with Gasteiger partial charge < -0.3 is 14.6 Å². The Kier molecular flexibility index (Phi) is 3.78. The Balaban J connectivity index is 1.14. The number of rotatable bonds is 4. The summed E-state index contributed by atoms with van der Waals surface area (Å²) in [6, 6.07) is 7.82. The first-order valence-corrected chi connectivity index (χ1v) is 9.40. The molecule has 26 heavy (non-hydrogen) atoms. The Morgan fingerprint density at radius 1 is 1.19 bits per heavy atom. The van der Waals surface area contributed by atoms with Crippen LogP contribution in [0.15, 0.2) is 48.1 Å². The van der Waals surface area contributed by atoms with E-state index in [0.717, 1.165) is 37.6 Å². The molecule has 5 rings (SSSR count). The van der Waals surface area contributed by atoms with Gasteiger partial charge in [-0.1, -0.05) is 30.4 Å². The lowest BCUT2D eigenvalue weighted by atomic mass is 9.91. The average Bonchev–Trinajstić information content (AvgIpc) is 3.19. The molecule has 0 bridgehead atoms. The topological polar surface area (TPSA) is 59.0 Å². The number of hydrogen-bond donors (Lipinski definition) is 1. The van der Waals surface area contributed by atoms with Gasteiger partial charge in [0, 0.05) is 25.6 Å². The van der Waals surface area contributed by atoms with Crippen molar-refractivity contribution in [3.8, 4) is 11.5 Å². The van der Waals surface area contributed by atoms with E-state index in [-0.39, 0.29) is 12.0 Å². The molecule has 2 aliphatic carbocycles. The first-order chi connectivity index (χ1) is 12.7. The second-order valence-corrected chi connectivity index (χ2v) is 7.84. The Labute approximate surface area is 152 Å². The Bertz CT molecular complexity index is 774. The van der Waals surface area contributed by atoms with Crippen LogP contribution < -0.4 is 9.47 Å². The van der Waals surface area contributed by atoms with Crippen LogP contribution in [-0.2, 0) is 4.79 Å². The van der Waals surface area contributed by atoms with Crippen molar-refractivity contribution in [1.29, 1.82) is 0 Å². The van der Waals surface area contributed by atoms with Gasteiger partial charge in [0.25, 0.3) is 0 Å². The first kappa shape index (κ1) is 15.9. The van der Waals surface area contributed by atoms with E-state index in [1.54, 1.807) is 0 Å². The maximum atomic E-state index is 11.1. The largest absolute Gasteiger partial charge is 0.486 e. The van der Waals surface area contributed by atoms with Crippen LogP contribution >= 0.6 is 0 Å². The number of likely N-dealkylation sites (tertiary alicyclic amines) is 1. The molecule has 0 aromatic heterocycles. The molecule has 1 aromatic carbocycles. The minimum atomic E-state index is -0.615. The minimum absolute atomic E-state index is 0.0507. The maximum Gasteiger partial charge on any atom is 0.307 e. The number of piperidine rings is 1. The predicted octanol–water partition coefficient (Wildman–Crippen LogP) is 2.59. The van der Waals surface area contributed by atoms with Gasteiger partial charge in [-0.3, -0.25) is 9.69 Å². The number of fused-ring (bicyclic) bond motifs is 2. The molecule has 5 atom stereocenters. The van der Waals surface area contributed by atoms with Crippen LogP contribution in [-0.4, -0.2) is 48.3 Å². The monoisotopic (exact) mass is 353 g/mol. The molecule has 0 amide bonds. The summed E-state index contributed by atoms with van der Waals surface area (Å²) in [6.45, 7) is 3.36. The number of allylic oxidation sites excluding steroid dienone is 1. The van der Waals surface area contributed by atoms with Gasteiger partial charge in [0.15, 0.2) is 11.5 Å². The molecule has 5 nitrogen and oxygen atoms in total. The molecule has 1 saturated heterocycles. The van der Waals surface area contributed by atoms with E-state index in [0.29, 0.717) is 24.4 Å². The van der Waals surface area contributed by atoms with E-state index in [1.807, 2.05) is 24.3 Å². The van der Waals surface area contributed by atoms with Gasteiger partial charge in [-0.25, -0.2) is 0 Å². The summed E-state index contributed by atoms with van der Waals surface area (Å²) >= 11 is 0. The second kappa shape index (κ2) is 6.16.